The van der Waals surface area contributed by atoms with Gasteiger partial charge in [0, 0.05) is 6.04 Å². The fourth-order valence-corrected chi connectivity index (χ4v) is 2.01. The summed E-state index contributed by atoms with van der Waals surface area (Å²) in [6.45, 7) is 2.23. The van der Waals surface area contributed by atoms with Crippen LogP contribution in [0.2, 0.25) is 0 Å². The van der Waals surface area contributed by atoms with Crippen LogP contribution in [0, 0.1) is 5.92 Å². The summed E-state index contributed by atoms with van der Waals surface area (Å²) in [5, 5.41) is 0. The summed E-state index contributed by atoms with van der Waals surface area (Å²) in [6, 6.07) is 9.20. The van der Waals surface area contributed by atoms with E-state index in [-0.39, 0.29) is 6.04 Å². The molecule has 1 aliphatic carbocycles. The number of benzene rings is 1. The van der Waals surface area contributed by atoms with Gasteiger partial charge in [-0.15, -0.1) is 0 Å². The van der Waals surface area contributed by atoms with E-state index in [9.17, 15) is 0 Å². The lowest BCUT2D eigenvalue weighted by atomic mass is 10.0. The minimum Gasteiger partial charge on any atom is -0.324 e. The lowest BCUT2D eigenvalue weighted by molar-refractivity contribution is 0.633. The van der Waals surface area contributed by atoms with Crippen LogP contribution in [0.1, 0.15) is 49.8 Å². The highest BCUT2D eigenvalue weighted by molar-refractivity contribution is 5.26. The Kier molecular flexibility index (Phi) is 3.42. The van der Waals surface area contributed by atoms with Crippen LogP contribution in [0.15, 0.2) is 24.3 Å². The van der Waals surface area contributed by atoms with E-state index in [1.165, 1.54) is 43.2 Å². The Balaban J connectivity index is 1.96. The standard InChI is InChI=1S/C14H21N/c1-2-3-4-11-5-7-12(8-6-11)14(15)13-9-10-13/h5-8,13-14H,2-4,9-10,15H2,1H3. The zero-order chi connectivity index (χ0) is 10.7. The van der Waals surface area contributed by atoms with Crippen molar-refractivity contribution in [2.45, 2.75) is 45.1 Å². The van der Waals surface area contributed by atoms with E-state index in [1.807, 2.05) is 0 Å². The minimum atomic E-state index is 0.283. The second-order valence-electron chi connectivity index (χ2n) is 4.71. The van der Waals surface area contributed by atoms with Crippen molar-refractivity contribution in [3.63, 3.8) is 0 Å². The van der Waals surface area contributed by atoms with Gasteiger partial charge in [-0.1, -0.05) is 37.6 Å². The number of hydrogen-bond acceptors (Lipinski definition) is 1. The predicted molar refractivity (Wildman–Crippen MR) is 64.7 cm³/mol. The van der Waals surface area contributed by atoms with Gasteiger partial charge < -0.3 is 5.73 Å². The van der Waals surface area contributed by atoms with Gasteiger partial charge in [0.25, 0.3) is 0 Å². The van der Waals surface area contributed by atoms with Crippen LogP contribution in [-0.2, 0) is 6.42 Å². The third-order valence-corrected chi connectivity index (χ3v) is 3.31. The second-order valence-corrected chi connectivity index (χ2v) is 4.71. The molecule has 0 saturated heterocycles. The van der Waals surface area contributed by atoms with E-state index >= 15 is 0 Å². The van der Waals surface area contributed by atoms with Crippen LogP contribution < -0.4 is 5.73 Å². The van der Waals surface area contributed by atoms with Crippen molar-refractivity contribution < 1.29 is 0 Å². The summed E-state index contributed by atoms with van der Waals surface area (Å²) in [6.07, 6.45) is 6.39. The van der Waals surface area contributed by atoms with Gasteiger partial charge in [0.15, 0.2) is 0 Å². The van der Waals surface area contributed by atoms with E-state index in [4.69, 9.17) is 5.73 Å². The highest BCUT2D eigenvalue weighted by Gasteiger charge is 2.29. The van der Waals surface area contributed by atoms with Crippen LogP contribution in [0.25, 0.3) is 0 Å². The van der Waals surface area contributed by atoms with Crippen LogP contribution in [-0.4, -0.2) is 0 Å². The molecule has 0 amide bonds. The Morgan fingerprint density at radius 1 is 1.27 bits per heavy atom. The molecule has 82 valence electrons. The van der Waals surface area contributed by atoms with Gasteiger partial charge >= 0.3 is 0 Å². The van der Waals surface area contributed by atoms with Gasteiger partial charge in [-0.3, -0.25) is 0 Å². The molecule has 0 bridgehead atoms. The van der Waals surface area contributed by atoms with Crippen molar-refractivity contribution in [2.75, 3.05) is 0 Å². The SMILES string of the molecule is CCCCc1ccc(C(N)C2CC2)cc1. The lowest BCUT2D eigenvalue weighted by Crippen LogP contribution is -2.12. The molecular formula is C14H21N. The third-order valence-electron chi connectivity index (χ3n) is 3.31. The van der Waals surface area contributed by atoms with Gasteiger partial charge in [-0.25, -0.2) is 0 Å². The molecule has 2 rings (SSSR count). The fourth-order valence-electron chi connectivity index (χ4n) is 2.01. The number of unbranched alkanes of at least 4 members (excludes halogenated alkanes) is 1. The third kappa shape index (κ3) is 2.82. The molecule has 0 heterocycles. The maximum Gasteiger partial charge on any atom is 0.0323 e. The summed E-state index contributed by atoms with van der Waals surface area (Å²) in [5.74, 6) is 0.756. The molecular weight excluding hydrogens is 182 g/mol. The molecule has 2 N–H and O–H groups in total. The van der Waals surface area contributed by atoms with Gasteiger partial charge in [-0.2, -0.15) is 0 Å². The number of aryl methyl sites for hydroxylation is 1. The summed E-state index contributed by atoms with van der Waals surface area (Å²) in [7, 11) is 0. The monoisotopic (exact) mass is 203 g/mol. The zero-order valence-corrected chi connectivity index (χ0v) is 9.58. The molecule has 1 saturated carbocycles. The van der Waals surface area contributed by atoms with E-state index in [0.717, 1.165) is 5.92 Å². The van der Waals surface area contributed by atoms with Gasteiger partial charge in [0.1, 0.15) is 0 Å². The van der Waals surface area contributed by atoms with Crippen LogP contribution in [0.4, 0.5) is 0 Å². The van der Waals surface area contributed by atoms with Crippen molar-refractivity contribution in [3.8, 4) is 0 Å². The molecule has 1 aromatic carbocycles. The molecule has 1 aliphatic rings. The Hall–Kier alpha value is -0.820. The summed E-state index contributed by atoms with van der Waals surface area (Å²) in [4.78, 5) is 0. The van der Waals surface area contributed by atoms with Crippen molar-refractivity contribution in [2.24, 2.45) is 11.7 Å². The van der Waals surface area contributed by atoms with Gasteiger partial charge in [0.2, 0.25) is 0 Å². The molecule has 0 spiro atoms. The number of nitrogens with two attached hydrogens (primary N) is 1. The topological polar surface area (TPSA) is 26.0 Å². The van der Waals surface area contributed by atoms with Crippen molar-refractivity contribution in [1.29, 1.82) is 0 Å². The van der Waals surface area contributed by atoms with E-state index in [0.29, 0.717) is 0 Å². The van der Waals surface area contributed by atoms with Gasteiger partial charge in [0.05, 0.1) is 0 Å². The highest BCUT2D eigenvalue weighted by Crippen LogP contribution is 2.39. The molecule has 1 fully saturated rings. The lowest BCUT2D eigenvalue weighted by Gasteiger charge is -2.11. The first-order chi connectivity index (χ1) is 7.31. The normalized spacial score (nSPS) is 17.7. The molecule has 1 atom stereocenters. The molecule has 0 aliphatic heterocycles. The van der Waals surface area contributed by atoms with Crippen molar-refractivity contribution in [3.05, 3.63) is 35.4 Å². The minimum absolute atomic E-state index is 0.283. The second kappa shape index (κ2) is 4.80. The van der Waals surface area contributed by atoms with E-state index < -0.39 is 0 Å². The highest BCUT2D eigenvalue weighted by atomic mass is 14.7. The molecule has 1 heteroatoms. The predicted octanol–water partition coefficient (Wildman–Crippen LogP) is 3.44. The van der Waals surface area contributed by atoms with E-state index in [2.05, 4.69) is 31.2 Å². The molecule has 1 aromatic rings. The average molecular weight is 203 g/mol. The first-order valence-corrected chi connectivity index (χ1v) is 6.15. The molecule has 15 heavy (non-hydrogen) atoms. The maximum atomic E-state index is 6.15. The van der Waals surface area contributed by atoms with Crippen LogP contribution in [0.3, 0.4) is 0 Å². The molecule has 1 unspecified atom stereocenters. The van der Waals surface area contributed by atoms with Crippen LogP contribution >= 0.6 is 0 Å². The smallest absolute Gasteiger partial charge is 0.0323 e. The number of hydrogen-bond donors (Lipinski definition) is 1. The maximum absolute atomic E-state index is 6.15. The summed E-state index contributed by atoms with van der Waals surface area (Å²) < 4.78 is 0. The Labute approximate surface area is 92.7 Å². The van der Waals surface area contributed by atoms with Crippen LogP contribution in [0.5, 0.6) is 0 Å². The molecule has 0 radical (unpaired) electrons. The number of rotatable bonds is 5. The summed E-state index contributed by atoms with van der Waals surface area (Å²) in [5.41, 5.74) is 8.92. The largest absolute Gasteiger partial charge is 0.324 e. The average Bonchev–Trinajstić information content (AvgIpc) is 3.10. The zero-order valence-electron chi connectivity index (χ0n) is 9.58. The first kappa shape index (κ1) is 10.7. The van der Waals surface area contributed by atoms with Crippen molar-refractivity contribution >= 4 is 0 Å². The van der Waals surface area contributed by atoms with Gasteiger partial charge in [-0.05, 0) is 42.7 Å². The summed E-state index contributed by atoms with van der Waals surface area (Å²) >= 11 is 0. The van der Waals surface area contributed by atoms with Crippen molar-refractivity contribution in [1.82, 2.24) is 0 Å². The molecule has 1 nitrogen and oxygen atoms in total. The Bertz CT molecular complexity index is 298. The first-order valence-electron chi connectivity index (χ1n) is 6.15. The van der Waals surface area contributed by atoms with E-state index in [1.54, 1.807) is 0 Å². The quantitative estimate of drug-likeness (QED) is 0.779. The Morgan fingerprint density at radius 2 is 1.93 bits per heavy atom. The fraction of sp³-hybridized carbons (Fsp3) is 0.571. The Morgan fingerprint density at radius 3 is 2.47 bits per heavy atom. The molecule has 0 aromatic heterocycles.